The summed E-state index contributed by atoms with van der Waals surface area (Å²) in [7, 11) is 0. The topological polar surface area (TPSA) is 341 Å². The Balaban J connectivity index is 1.13. The maximum absolute atomic E-state index is 14.5. The molecule has 7 rings (SSSR count). The number of phenolic OH excluding ortho intramolecular Hbond substituents is 1. The first kappa shape index (κ1) is 59.6. The van der Waals surface area contributed by atoms with Gasteiger partial charge in [0.15, 0.2) is 5.96 Å². The third-order valence-electron chi connectivity index (χ3n) is 14.6. The van der Waals surface area contributed by atoms with Crippen LogP contribution < -0.4 is 42.8 Å². The monoisotopic (exact) mass is 1100 g/mol. The second-order valence-corrected chi connectivity index (χ2v) is 20.8. The third-order valence-corrected chi connectivity index (χ3v) is 14.6. The molecule has 0 bridgehead atoms. The Morgan fingerprint density at radius 2 is 1.26 bits per heavy atom. The number of aliphatic hydroxyl groups excluding tert-OH is 3. The Morgan fingerprint density at radius 1 is 0.713 bits per heavy atom. The van der Waals surface area contributed by atoms with Crippen molar-refractivity contribution in [2.45, 2.75) is 139 Å². The van der Waals surface area contributed by atoms with Crippen LogP contribution in [0.1, 0.15) is 88.1 Å². The second-order valence-electron chi connectivity index (χ2n) is 20.8. The molecule has 4 aromatic rings. The Hall–Kier alpha value is -8.08. The SMILES string of the molecule is CCCCCOc1ccc(-c2ccc(-c3ccc(C(=O)N[C@H]4CCCNC(=O)C5C[C@H](N=C(N)N)CN5C(=O)C(C(C)O)NC(=O)C(CCc5ccc(O)cc5)NC(=O)C5C[C@@H](O)CN5C(=O)C(C(C)O)NC4=O)cc3)cc2)cc1. The van der Waals surface area contributed by atoms with Crippen LogP contribution in [0.3, 0.4) is 0 Å². The van der Waals surface area contributed by atoms with Crippen molar-refractivity contribution in [3.05, 3.63) is 108 Å². The molecule has 0 aromatic heterocycles. The van der Waals surface area contributed by atoms with Crippen LogP contribution in [0.15, 0.2) is 102 Å². The van der Waals surface area contributed by atoms with Crippen molar-refractivity contribution < 1.29 is 58.7 Å². The molecule has 428 valence electrons. The van der Waals surface area contributed by atoms with Gasteiger partial charge < -0.3 is 73.0 Å². The molecule has 3 fully saturated rings. The highest BCUT2D eigenvalue weighted by atomic mass is 16.5. The highest BCUT2D eigenvalue weighted by Gasteiger charge is 2.46. The number of aryl methyl sites for hydroxylation is 1. The van der Waals surface area contributed by atoms with Crippen LogP contribution in [-0.2, 0) is 35.2 Å². The molecule has 3 aliphatic rings. The number of unbranched alkanes of at least 4 members (excludes halogenated alkanes) is 2. The van der Waals surface area contributed by atoms with Crippen LogP contribution in [0.2, 0.25) is 0 Å². The van der Waals surface area contributed by atoms with E-state index in [2.05, 4.69) is 38.5 Å². The summed E-state index contributed by atoms with van der Waals surface area (Å²) < 4.78 is 5.86. The summed E-state index contributed by atoms with van der Waals surface area (Å²) in [4.78, 5) is 106. The van der Waals surface area contributed by atoms with Crippen molar-refractivity contribution in [1.29, 1.82) is 0 Å². The summed E-state index contributed by atoms with van der Waals surface area (Å²) in [6, 6.07) is 19.2. The predicted octanol–water partition coefficient (Wildman–Crippen LogP) is 1.36. The number of fused-ring (bicyclic) bond motifs is 2. The fourth-order valence-corrected chi connectivity index (χ4v) is 10.2. The number of aromatic hydroxyl groups is 1. The standard InChI is InChI=1S/C58H74N10O12/c1-4-5-6-28-80-44-24-20-39(21-25-44)37-14-12-36(13-15-37)38-16-18-40(19-17-38)51(73)63-45-8-7-27-61-54(76)47-29-41(62-58(59)60)31-67(47)56(78)49(33(2)69)66-53(75)46(26-11-35-9-22-42(71)23-10-35)64-55(77)48-30-43(72)32-68(48)57(79)50(34(3)70)65-52(45)74/h9-10,12-25,33-34,41,43,45-50,69-72H,4-8,11,26-32H2,1-3H3,(H,61,76)(H,63,73)(H,64,77)(H,65,74)(H,66,75)(H4,59,60,62)/t33?,34?,41-,43+,45-,46?,47?,48?,49?,50?/m0/s1. The second kappa shape index (κ2) is 27.7. The minimum Gasteiger partial charge on any atom is -0.508 e. The zero-order valence-corrected chi connectivity index (χ0v) is 45.3. The van der Waals surface area contributed by atoms with E-state index in [1.165, 1.54) is 26.0 Å². The van der Waals surface area contributed by atoms with Gasteiger partial charge in [-0.25, -0.2) is 4.99 Å². The normalized spacial score (nSPS) is 24.2. The van der Waals surface area contributed by atoms with Gasteiger partial charge in [-0.2, -0.15) is 0 Å². The largest absolute Gasteiger partial charge is 0.508 e. The number of benzene rings is 4. The number of nitrogens with zero attached hydrogens (tertiary/aromatic N) is 3. The van der Waals surface area contributed by atoms with E-state index in [0.29, 0.717) is 12.2 Å². The predicted molar refractivity (Wildman–Crippen MR) is 297 cm³/mol. The molecule has 22 heteroatoms. The minimum atomic E-state index is -1.70. The average Bonchev–Trinajstić information content (AvgIpc) is 4.06. The molecular weight excluding hydrogens is 1030 g/mol. The highest BCUT2D eigenvalue weighted by molar-refractivity contribution is 6.00. The third kappa shape index (κ3) is 15.6. The van der Waals surface area contributed by atoms with Crippen LogP contribution in [0.25, 0.3) is 22.3 Å². The molecule has 4 aromatic carbocycles. The molecular formula is C58H74N10O12. The number of carbonyl (C=O) groups excluding carboxylic acids is 7. The van der Waals surface area contributed by atoms with Crippen LogP contribution in [-0.4, -0.2) is 164 Å². The molecule has 22 nitrogen and oxygen atoms in total. The van der Waals surface area contributed by atoms with E-state index >= 15 is 0 Å². The summed E-state index contributed by atoms with van der Waals surface area (Å²) in [5.41, 5.74) is 16.0. The molecule has 3 aliphatic heterocycles. The van der Waals surface area contributed by atoms with Crippen LogP contribution in [0.4, 0.5) is 0 Å². The lowest BCUT2D eigenvalue weighted by Gasteiger charge is -2.32. The molecule has 3 saturated heterocycles. The molecule has 0 saturated carbocycles. The fourth-order valence-electron chi connectivity index (χ4n) is 10.2. The van der Waals surface area contributed by atoms with E-state index in [1.54, 1.807) is 36.4 Å². The van der Waals surface area contributed by atoms with Gasteiger partial charge in [0.1, 0.15) is 47.8 Å². The number of ether oxygens (including phenoxy) is 1. The average molecular weight is 1100 g/mol. The van der Waals surface area contributed by atoms with Gasteiger partial charge in [0.2, 0.25) is 35.4 Å². The first-order valence-electron chi connectivity index (χ1n) is 27.2. The maximum Gasteiger partial charge on any atom is 0.251 e. The summed E-state index contributed by atoms with van der Waals surface area (Å²) in [6.07, 6.45) is -1.45. The Kier molecular flexibility index (Phi) is 20.6. The molecule has 7 amide bonds. The van der Waals surface area contributed by atoms with Crippen LogP contribution >= 0.6 is 0 Å². The molecule has 0 spiro atoms. The number of aliphatic imine (C=N–C) groups is 1. The number of nitrogens with one attached hydrogen (secondary N) is 5. The quantitative estimate of drug-likeness (QED) is 0.0455. The lowest BCUT2D eigenvalue weighted by molar-refractivity contribution is -0.145. The van der Waals surface area contributed by atoms with E-state index in [4.69, 9.17) is 16.2 Å². The number of phenols is 1. The number of nitrogens with two attached hydrogens (primary N) is 2. The van der Waals surface area contributed by atoms with Crippen molar-refractivity contribution in [3.8, 4) is 33.8 Å². The van der Waals surface area contributed by atoms with Crippen molar-refractivity contribution in [2.24, 2.45) is 16.5 Å². The minimum absolute atomic E-state index is 0.00853. The zero-order valence-electron chi connectivity index (χ0n) is 45.3. The van der Waals surface area contributed by atoms with Crippen LogP contribution in [0.5, 0.6) is 11.5 Å². The van der Waals surface area contributed by atoms with Gasteiger partial charge in [0.25, 0.3) is 5.91 Å². The number of rotatable bonds is 15. The number of hydrogen-bond acceptors (Lipinski definition) is 13. The lowest BCUT2D eigenvalue weighted by atomic mass is 9.99. The van der Waals surface area contributed by atoms with Crippen molar-refractivity contribution in [2.75, 3.05) is 26.2 Å². The van der Waals surface area contributed by atoms with Crippen molar-refractivity contribution >= 4 is 47.3 Å². The number of amides is 7. The van der Waals surface area contributed by atoms with Gasteiger partial charge in [-0.3, -0.25) is 33.6 Å². The van der Waals surface area contributed by atoms with Gasteiger partial charge in [0, 0.05) is 38.0 Å². The van der Waals surface area contributed by atoms with Gasteiger partial charge in [0.05, 0.1) is 31.0 Å². The molecule has 0 aliphatic carbocycles. The molecule has 0 radical (unpaired) electrons. The zero-order chi connectivity index (χ0) is 57.6. The van der Waals surface area contributed by atoms with E-state index in [-0.39, 0.29) is 75.4 Å². The Labute approximate surface area is 464 Å². The van der Waals surface area contributed by atoms with E-state index < -0.39 is 102 Å². The molecule has 10 atom stereocenters. The summed E-state index contributed by atoms with van der Waals surface area (Å²) in [5.74, 6) is -5.28. The summed E-state index contributed by atoms with van der Waals surface area (Å²) >= 11 is 0. The van der Waals surface area contributed by atoms with E-state index in [9.17, 15) is 54.0 Å². The van der Waals surface area contributed by atoms with Gasteiger partial charge in [-0.1, -0.05) is 80.4 Å². The lowest BCUT2D eigenvalue weighted by Crippen LogP contribution is -2.61. The van der Waals surface area contributed by atoms with Crippen molar-refractivity contribution in [3.63, 3.8) is 0 Å². The first-order valence-corrected chi connectivity index (χ1v) is 27.2. The number of hydrogen-bond donors (Lipinski definition) is 11. The van der Waals surface area contributed by atoms with E-state index in [1.807, 2.05) is 48.5 Å². The molecule has 13 N–H and O–H groups in total. The van der Waals surface area contributed by atoms with Gasteiger partial charge >= 0.3 is 0 Å². The summed E-state index contributed by atoms with van der Waals surface area (Å²) in [5, 5.41) is 56.2. The Bertz CT molecular complexity index is 2830. The van der Waals surface area contributed by atoms with Gasteiger partial charge in [-0.15, -0.1) is 0 Å². The fraction of sp³-hybridized carbons (Fsp3) is 0.448. The number of guanidine groups is 1. The highest BCUT2D eigenvalue weighted by Crippen LogP contribution is 2.28. The maximum atomic E-state index is 14.5. The number of aliphatic hydroxyl groups is 3. The van der Waals surface area contributed by atoms with Crippen LogP contribution in [0, 0.1) is 0 Å². The number of carbonyl (C=O) groups is 7. The smallest absolute Gasteiger partial charge is 0.251 e. The first-order chi connectivity index (χ1) is 38.3. The van der Waals surface area contributed by atoms with E-state index in [0.717, 1.165) is 57.1 Å². The molecule has 7 unspecified atom stereocenters. The van der Waals surface area contributed by atoms with Gasteiger partial charge in [-0.05, 0) is 110 Å². The summed E-state index contributed by atoms with van der Waals surface area (Å²) in [6.45, 7) is 4.68. The molecule has 80 heavy (non-hydrogen) atoms. The molecule has 3 heterocycles. The Morgan fingerprint density at radius 3 is 1.84 bits per heavy atom. The van der Waals surface area contributed by atoms with Crippen molar-refractivity contribution in [1.82, 2.24) is 36.4 Å².